The molecule has 2 heteroatoms. The molecule has 2 aromatic carbocycles. The second kappa shape index (κ2) is 4.65. The van der Waals surface area contributed by atoms with E-state index in [1.54, 1.807) is 0 Å². The Labute approximate surface area is 106 Å². The van der Waals surface area contributed by atoms with E-state index in [1.807, 2.05) is 54.6 Å². The summed E-state index contributed by atoms with van der Waals surface area (Å²) in [6.07, 6.45) is 1.68. The van der Waals surface area contributed by atoms with Crippen LogP contribution in [0.2, 0.25) is 0 Å². The van der Waals surface area contributed by atoms with Crippen molar-refractivity contribution < 1.29 is 9.53 Å². The molecule has 1 atom stereocenters. The van der Waals surface area contributed by atoms with Crippen LogP contribution in [0.1, 0.15) is 24.3 Å². The van der Waals surface area contributed by atoms with Crippen LogP contribution in [0.5, 0.6) is 11.5 Å². The van der Waals surface area contributed by atoms with Crippen LogP contribution in [0.15, 0.2) is 54.6 Å². The smallest absolute Gasteiger partial charge is 0.140 e. The van der Waals surface area contributed by atoms with E-state index in [0.717, 1.165) is 23.5 Å². The molecule has 3 rings (SSSR count). The zero-order chi connectivity index (χ0) is 12.4. The maximum atomic E-state index is 11.5. The maximum Gasteiger partial charge on any atom is 0.140 e. The number of rotatable bonds is 3. The molecule has 18 heavy (non-hydrogen) atoms. The molecule has 0 bridgehead atoms. The molecule has 0 N–H and O–H groups in total. The molecule has 2 nitrogen and oxygen atoms in total. The summed E-state index contributed by atoms with van der Waals surface area (Å²) < 4.78 is 5.76. The average Bonchev–Trinajstić information content (AvgIpc) is 2.39. The minimum Gasteiger partial charge on any atom is -0.457 e. The number of Topliss-reactive ketones (excluding diaryl/α,β-unsaturated/α-hetero) is 1. The first kappa shape index (κ1) is 11.0. The second-order valence-electron chi connectivity index (χ2n) is 4.55. The van der Waals surface area contributed by atoms with Crippen LogP contribution >= 0.6 is 0 Å². The Balaban J connectivity index is 1.81. The lowest BCUT2D eigenvalue weighted by Gasteiger charge is -2.24. The lowest BCUT2D eigenvalue weighted by molar-refractivity contribution is -0.125. The lowest BCUT2D eigenvalue weighted by Crippen LogP contribution is -2.23. The van der Waals surface area contributed by atoms with Crippen LogP contribution in [0.4, 0.5) is 0 Å². The Bertz CT molecular complexity index is 560. The van der Waals surface area contributed by atoms with E-state index in [0.29, 0.717) is 12.2 Å². The molecule has 0 aliphatic heterocycles. The summed E-state index contributed by atoms with van der Waals surface area (Å²) in [4.78, 5) is 11.5. The van der Waals surface area contributed by atoms with E-state index in [2.05, 4.69) is 0 Å². The number of benzene rings is 2. The summed E-state index contributed by atoms with van der Waals surface area (Å²) in [5.74, 6) is 2.03. The van der Waals surface area contributed by atoms with Gasteiger partial charge in [-0.05, 0) is 36.2 Å². The van der Waals surface area contributed by atoms with Crippen molar-refractivity contribution in [1.29, 1.82) is 0 Å². The molecule has 0 amide bonds. The fourth-order valence-corrected chi connectivity index (χ4v) is 2.18. The maximum absolute atomic E-state index is 11.5. The first-order chi connectivity index (χ1) is 8.83. The summed E-state index contributed by atoms with van der Waals surface area (Å²) >= 11 is 0. The molecular formula is C16H14O2. The highest BCUT2D eigenvalue weighted by atomic mass is 16.5. The van der Waals surface area contributed by atoms with E-state index >= 15 is 0 Å². The van der Waals surface area contributed by atoms with Gasteiger partial charge in [0.05, 0.1) is 0 Å². The molecule has 0 radical (unpaired) electrons. The van der Waals surface area contributed by atoms with Gasteiger partial charge in [-0.2, -0.15) is 0 Å². The zero-order valence-electron chi connectivity index (χ0n) is 10.0. The third kappa shape index (κ3) is 2.14. The van der Waals surface area contributed by atoms with Crippen molar-refractivity contribution in [2.24, 2.45) is 0 Å². The van der Waals surface area contributed by atoms with Gasteiger partial charge in [-0.15, -0.1) is 0 Å². The Morgan fingerprint density at radius 2 is 1.72 bits per heavy atom. The van der Waals surface area contributed by atoms with Gasteiger partial charge in [-0.3, -0.25) is 4.79 Å². The largest absolute Gasteiger partial charge is 0.457 e. The van der Waals surface area contributed by atoms with Gasteiger partial charge in [0.1, 0.15) is 17.3 Å². The third-order valence-electron chi connectivity index (χ3n) is 3.31. The second-order valence-corrected chi connectivity index (χ2v) is 4.55. The molecular weight excluding hydrogens is 224 g/mol. The fourth-order valence-electron chi connectivity index (χ4n) is 2.18. The van der Waals surface area contributed by atoms with Crippen molar-refractivity contribution in [3.8, 4) is 11.5 Å². The van der Waals surface area contributed by atoms with E-state index in [4.69, 9.17) is 4.74 Å². The first-order valence-corrected chi connectivity index (χ1v) is 6.18. The Kier molecular flexibility index (Phi) is 2.85. The monoisotopic (exact) mass is 238 g/mol. The van der Waals surface area contributed by atoms with Gasteiger partial charge in [0.25, 0.3) is 0 Å². The van der Waals surface area contributed by atoms with Crippen LogP contribution in [0.3, 0.4) is 0 Å². The van der Waals surface area contributed by atoms with E-state index in [9.17, 15) is 4.79 Å². The number of carbonyl (C=O) groups excluding carboxylic acids is 1. The van der Waals surface area contributed by atoms with Crippen molar-refractivity contribution in [2.75, 3.05) is 0 Å². The van der Waals surface area contributed by atoms with Crippen molar-refractivity contribution >= 4 is 5.78 Å². The molecule has 2 aromatic rings. The molecule has 0 aromatic heterocycles. The lowest BCUT2D eigenvalue weighted by atomic mass is 9.79. The third-order valence-corrected chi connectivity index (χ3v) is 3.31. The van der Waals surface area contributed by atoms with Crippen molar-refractivity contribution in [3.05, 3.63) is 60.2 Å². The van der Waals surface area contributed by atoms with E-state index < -0.39 is 0 Å². The molecule has 1 unspecified atom stereocenters. The number of carbonyl (C=O) groups is 1. The SMILES string of the molecule is O=C1CCC1c1cccc(Oc2ccccc2)c1. The van der Waals surface area contributed by atoms with Crippen molar-refractivity contribution in [2.45, 2.75) is 18.8 Å². The minimum absolute atomic E-state index is 0.0873. The quantitative estimate of drug-likeness (QED) is 0.810. The number of hydrogen-bond donors (Lipinski definition) is 0. The number of hydrogen-bond acceptors (Lipinski definition) is 2. The Morgan fingerprint density at radius 1 is 0.944 bits per heavy atom. The van der Waals surface area contributed by atoms with Crippen LogP contribution < -0.4 is 4.74 Å². The summed E-state index contributed by atoms with van der Waals surface area (Å²) in [5.41, 5.74) is 1.07. The van der Waals surface area contributed by atoms with Gasteiger partial charge < -0.3 is 4.74 Å². The van der Waals surface area contributed by atoms with Gasteiger partial charge in [0, 0.05) is 12.3 Å². The van der Waals surface area contributed by atoms with Gasteiger partial charge in [0.15, 0.2) is 0 Å². The standard InChI is InChI=1S/C16H14O2/c17-16-10-9-15(16)12-5-4-8-14(11-12)18-13-6-2-1-3-7-13/h1-8,11,15H,9-10H2. The van der Waals surface area contributed by atoms with E-state index in [-0.39, 0.29) is 5.92 Å². The normalized spacial score (nSPS) is 18.2. The fraction of sp³-hybridized carbons (Fsp3) is 0.188. The van der Waals surface area contributed by atoms with Crippen molar-refractivity contribution in [3.63, 3.8) is 0 Å². The van der Waals surface area contributed by atoms with Crippen LogP contribution in [0, 0.1) is 0 Å². The highest BCUT2D eigenvalue weighted by Crippen LogP contribution is 2.35. The van der Waals surface area contributed by atoms with Crippen LogP contribution in [-0.2, 0) is 4.79 Å². The number of ketones is 1. The highest BCUT2D eigenvalue weighted by molar-refractivity contribution is 5.91. The molecule has 0 heterocycles. The van der Waals surface area contributed by atoms with Crippen molar-refractivity contribution in [1.82, 2.24) is 0 Å². The molecule has 1 aliphatic carbocycles. The average molecular weight is 238 g/mol. The number of ether oxygens (including phenoxy) is 1. The molecule has 0 saturated heterocycles. The Morgan fingerprint density at radius 3 is 2.39 bits per heavy atom. The predicted octanol–water partition coefficient (Wildman–Crippen LogP) is 3.93. The summed E-state index contributed by atoms with van der Waals surface area (Å²) in [7, 11) is 0. The van der Waals surface area contributed by atoms with Gasteiger partial charge in [-0.1, -0.05) is 30.3 Å². The summed E-state index contributed by atoms with van der Waals surface area (Å²) in [6, 6.07) is 17.5. The predicted molar refractivity (Wildman–Crippen MR) is 69.9 cm³/mol. The molecule has 90 valence electrons. The Hall–Kier alpha value is -2.09. The first-order valence-electron chi connectivity index (χ1n) is 6.18. The molecule has 0 spiro atoms. The summed E-state index contributed by atoms with van der Waals surface area (Å²) in [6.45, 7) is 0. The van der Waals surface area contributed by atoms with Crippen LogP contribution in [0.25, 0.3) is 0 Å². The molecule has 1 fully saturated rings. The zero-order valence-corrected chi connectivity index (χ0v) is 10.0. The van der Waals surface area contributed by atoms with Gasteiger partial charge in [-0.25, -0.2) is 0 Å². The summed E-state index contributed by atoms with van der Waals surface area (Å²) in [5, 5.41) is 0. The molecule has 1 saturated carbocycles. The topological polar surface area (TPSA) is 26.3 Å². The van der Waals surface area contributed by atoms with E-state index in [1.165, 1.54) is 0 Å². The number of para-hydroxylation sites is 1. The van der Waals surface area contributed by atoms with Crippen LogP contribution in [-0.4, -0.2) is 5.78 Å². The van der Waals surface area contributed by atoms with Gasteiger partial charge in [0.2, 0.25) is 0 Å². The highest BCUT2D eigenvalue weighted by Gasteiger charge is 2.29. The van der Waals surface area contributed by atoms with Gasteiger partial charge >= 0.3 is 0 Å². The molecule has 1 aliphatic rings. The minimum atomic E-state index is 0.0873.